The number of carbonyl (C=O) groups excluding carboxylic acids is 2. The molecule has 0 aliphatic carbocycles. The molecule has 6 nitrogen and oxygen atoms in total. The highest BCUT2D eigenvalue weighted by atomic mass is 16.6. The zero-order valence-electron chi connectivity index (χ0n) is 15.5. The van der Waals surface area contributed by atoms with Gasteiger partial charge in [-0.3, -0.25) is 0 Å². The van der Waals surface area contributed by atoms with Gasteiger partial charge in [0.1, 0.15) is 0 Å². The summed E-state index contributed by atoms with van der Waals surface area (Å²) in [6.07, 6.45) is 2.15. The van der Waals surface area contributed by atoms with E-state index in [1.54, 1.807) is 11.8 Å². The van der Waals surface area contributed by atoms with E-state index in [9.17, 15) is 9.59 Å². The molecule has 0 bridgehead atoms. The van der Waals surface area contributed by atoms with Crippen molar-refractivity contribution in [1.82, 2.24) is 15.5 Å². The second-order valence-electron chi connectivity index (χ2n) is 8.18. The number of hydrogen-bond donors (Lipinski definition) is 2. The first-order chi connectivity index (χ1) is 10.5. The lowest BCUT2D eigenvalue weighted by atomic mass is 9.82. The average molecular weight is 327 g/mol. The zero-order chi connectivity index (χ0) is 17.7. The smallest absolute Gasteiger partial charge is 0.409 e. The summed E-state index contributed by atoms with van der Waals surface area (Å²) in [6.45, 7) is 14.0. The Balaban J connectivity index is 2.38. The Morgan fingerprint density at radius 3 is 2.17 bits per heavy atom. The Kier molecular flexibility index (Phi) is 6.71. The number of amides is 3. The fraction of sp³-hybridized carbons (Fsp3) is 0.882. The first-order valence-corrected chi connectivity index (χ1v) is 8.53. The minimum Gasteiger partial charge on any atom is -0.450 e. The van der Waals surface area contributed by atoms with Crippen LogP contribution in [0.1, 0.15) is 60.8 Å². The summed E-state index contributed by atoms with van der Waals surface area (Å²) < 4.78 is 5.00. The number of ether oxygens (including phenoxy) is 1. The zero-order valence-corrected chi connectivity index (χ0v) is 15.5. The standard InChI is InChI=1S/C17H33N3O3/c1-7-23-15(22)20-10-8-13(9-11-20)18-14(21)19-17(5,6)12-16(2,3)4/h13H,7-12H2,1-6H3,(H2,18,19,21). The highest BCUT2D eigenvalue weighted by Crippen LogP contribution is 2.26. The van der Waals surface area contributed by atoms with Crippen molar-refractivity contribution >= 4 is 12.1 Å². The highest BCUT2D eigenvalue weighted by molar-refractivity contribution is 5.75. The third-order valence-corrected chi connectivity index (χ3v) is 3.78. The number of nitrogens with one attached hydrogen (secondary N) is 2. The van der Waals surface area contributed by atoms with Gasteiger partial charge in [0.15, 0.2) is 0 Å². The Hall–Kier alpha value is -1.46. The van der Waals surface area contributed by atoms with Gasteiger partial charge in [0.05, 0.1) is 6.61 Å². The maximum absolute atomic E-state index is 12.2. The van der Waals surface area contributed by atoms with Crippen molar-refractivity contribution in [2.24, 2.45) is 5.41 Å². The summed E-state index contributed by atoms with van der Waals surface area (Å²) in [5, 5.41) is 6.08. The number of nitrogens with zero attached hydrogens (tertiary/aromatic N) is 1. The van der Waals surface area contributed by atoms with Gasteiger partial charge in [0.2, 0.25) is 0 Å². The van der Waals surface area contributed by atoms with Crippen molar-refractivity contribution in [2.45, 2.75) is 72.4 Å². The summed E-state index contributed by atoms with van der Waals surface area (Å²) in [4.78, 5) is 25.6. The van der Waals surface area contributed by atoms with E-state index in [0.717, 1.165) is 19.3 Å². The predicted octanol–water partition coefficient (Wildman–Crippen LogP) is 3.12. The quantitative estimate of drug-likeness (QED) is 0.833. The number of rotatable bonds is 4. The number of urea groups is 1. The number of hydrogen-bond acceptors (Lipinski definition) is 3. The van der Waals surface area contributed by atoms with Gasteiger partial charge in [-0.2, -0.15) is 0 Å². The third-order valence-electron chi connectivity index (χ3n) is 3.78. The van der Waals surface area contributed by atoms with E-state index in [2.05, 4.69) is 31.4 Å². The van der Waals surface area contributed by atoms with Crippen molar-refractivity contribution in [1.29, 1.82) is 0 Å². The Morgan fingerprint density at radius 2 is 1.70 bits per heavy atom. The molecule has 0 aromatic rings. The molecule has 0 saturated carbocycles. The normalized spacial score (nSPS) is 16.9. The van der Waals surface area contributed by atoms with Gasteiger partial charge in [0, 0.05) is 24.7 Å². The molecule has 0 radical (unpaired) electrons. The average Bonchev–Trinajstić information content (AvgIpc) is 2.35. The predicted molar refractivity (Wildman–Crippen MR) is 91.4 cm³/mol. The van der Waals surface area contributed by atoms with E-state index < -0.39 is 0 Å². The Labute approximate surface area is 140 Å². The maximum atomic E-state index is 12.2. The fourth-order valence-corrected chi connectivity index (χ4v) is 3.32. The first kappa shape index (κ1) is 19.6. The molecule has 0 spiro atoms. The second kappa shape index (κ2) is 7.88. The molecular weight excluding hydrogens is 294 g/mol. The van der Waals surface area contributed by atoms with Crippen LogP contribution < -0.4 is 10.6 Å². The maximum Gasteiger partial charge on any atom is 0.409 e. The van der Waals surface area contributed by atoms with E-state index in [0.29, 0.717) is 19.7 Å². The van der Waals surface area contributed by atoms with Gasteiger partial charge < -0.3 is 20.3 Å². The van der Waals surface area contributed by atoms with Gasteiger partial charge in [-0.15, -0.1) is 0 Å². The van der Waals surface area contributed by atoms with Gasteiger partial charge in [-0.05, 0) is 45.4 Å². The summed E-state index contributed by atoms with van der Waals surface area (Å²) in [6, 6.07) is -0.0278. The topological polar surface area (TPSA) is 70.7 Å². The Morgan fingerprint density at radius 1 is 1.13 bits per heavy atom. The van der Waals surface area contributed by atoms with Crippen LogP contribution in [0.3, 0.4) is 0 Å². The van der Waals surface area contributed by atoms with Crippen LogP contribution in [0.2, 0.25) is 0 Å². The molecule has 1 fully saturated rings. The summed E-state index contributed by atoms with van der Waals surface area (Å²) >= 11 is 0. The van der Waals surface area contributed by atoms with Crippen LogP contribution in [0.25, 0.3) is 0 Å². The van der Waals surface area contributed by atoms with Crippen LogP contribution in [0.4, 0.5) is 9.59 Å². The molecule has 1 rings (SSSR count). The lowest BCUT2D eigenvalue weighted by Gasteiger charge is -2.35. The van der Waals surface area contributed by atoms with E-state index in [1.807, 2.05) is 13.8 Å². The van der Waals surface area contributed by atoms with Gasteiger partial charge >= 0.3 is 12.1 Å². The summed E-state index contributed by atoms with van der Waals surface area (Å²) in [7, 11) is 0. The lowest BCUT2D eigenvalue weighted by molar-refractivity contribution is 0.0956. The highest BCUT2D eigenvalue weighted by Gasteiger charge is 2.29. The van der Waals surface area contributed by atoms with Crippen molar-refractivity contribution in [3.8, 4) is 0 Å². The monoisotopic (exact) mass is 327 g/mol. The molecular formula is C17H33N3O3. The molecule has 0 aromatic heterocycles. The molecule has 134 valence electrons. The van der Waals surface area contributed by atoms with Crippen molar-refractivity contribution in [3.63, 3.8) is 0 Å². The molecule has 1 aliphatic heterocycles. The third kappa shape index (κ3) is 7.57. The lowest BCUT2D eigenvalue weighted by Crippen LogP contribution is -2.54. The van der Waals surface area contributed by atoms with Crippen molar-refractivity contribution < 1.29 is 14.3 Å². The molecule has 0 unspecified atom stereocenters. The molecule has 1 heterocycles. The van der Waals surface area contributed by atoms with Crippen molar-refractivity contribution in [2.75, 3.05) is 19.7 Å². The van der Waals surface area contributed by atoms with E-state index >= 15 is 0 Å². The van der Waals surface area contributed by atoms with Crippen LogP contribution in [0.5, 0.6) is 0 Å². The molecule has 6 heteroatoms. The summed E-state index contributed by atoms with van der Waals surface area (Å²) in [5.74, 6) is 0. The molecule has 1 saturated heterocycles. The van der Waals surface area contributed by atoms with E-state index in [1.165, 1.54) is 0 Å². The van der Waals surface area contributed by atoms with Gasteiger partial charge in [-0.25, -0.2) is 9.59 Å². The minimum absolute atomic E-state index is 0.103. The van der Waals surface area contributed by atoms with Crippen LogP contribution in [-0.2, 0) is 4.74 Å². The van der Waals surface area contributed by atoms with Crippen LogP contribution >= 0.6 is 0 Å². The minimum atomic E-state index is -0.262. The second-order valence-corrected chi connectivity index (χ2v) is 8.18. The number of likely N-dealkylation sites (tertiary alicyclic amines) is 1. The fourth-order valence-electron chi connectivity index (χ4n) is 3.32. The SMILES string of the molecule is CCOC(=O)N1CCC(NC(=O)NC(C)(C)CC(C)(C)C)CC1. The number of piperidine rings is 1. The molecule has 1 aliphatic rings. The van der Waals surface area contributed by atoms with Gasteiger partial charge in [-0.1, -0.05) is 20.8 Å². The molecule has 0 aromatic carbocycles. The van der Waals surface area contributed by atoms with Crippen LogP contribution in [0.15, 0.2) is 0 Å². The van der Waals surface area contributed by atoms with Crippen molar-refractivity contribution in [3.05, 3.63) is 0 Å². The van der Waals surface area contributed by atoms with Crippen LogP contribution in [0, 0.1) is 5.41 Å². The molecule has 23 heavy (non-hydrogen) atoms. The molecule has 2 N–H and O–H groups in total. The van der Waals surface area contributed by atoms with E-state index in [4.69, 9.17) is 4.74 Å². The summed E-state index contributed by atoms with van der Waals surface area (Å²) in [5.41, 5.74) is -0.101. The Bertz CT molecular complexity index is 408. The first-order valence-electron chi connectivity index (χ1n) is 8.53. The molecule has 0 atom stereocenters. The van der Waals surface area contributed by atoms with Gasteiger partial charge in [0.25, 0.3) is 0 Å². The number of carbonyl (C=O) groups is 2. The molecule has 3 amide bonds. The largest absolute Gasteiger partial charge is 0.450 e. The van der Waals surface area contributed by atoms with Crippen LogP contribution in [-0.4, -0.2) is 48.3 Å². The van der Waals surface area contributed by atoms with E-state index in [-0.39, 0.29) is 29.1 Å².